The summed E-state index contributed by atoms with van der Waals surface area (Å²) in [6, 6.07) is 0.599. The number of halogens is 9. The van der Waals surface area contributed by atoms with Crippen molar-refractivity contribution in [3.8, 4) is 0 Å². The summed E-state index contributed by atoms with van der Waals surface area (Å²) in [6.45, 7) is 3.53. The van der Waals surface area contributed by atoms with Crippen molar-refractivity contribution in [3.05, 3.63) is 34.9 Å². The number of fused-ring (bicyclic) bond motifs is 1. The molecule has 1 aliphatic carbocycles. The van der Waals surface area contributed by atoms with Crippen LogP contribution in [0.5, 0.6) is 0 Å². The van der Waals surface area contributed by atoms with E-state index in [0.29, 0.717) is 17.7 Å². The molecule has 0 radical (unpaired) electrons. The lowest BCUT2D eigenvalue weighted by Crippen LogP contribution is -2.54. The fourth-order valence-corrected chi connectivity index (χ4v) is 6.75. The molecule has 1 saturated heterocycles. The molecule has 0 spiro atoms. The highest BCUT2D eigenvalue weighted by atomic mass is 19.4. The molecule has 1 saturated carbocycles. The third-order valence-electron chi connectivity index (χ3n) is 9.25. The van der Waals surface area contributed by atoms with Crippen LogP contribution in [0.4, 0.5) is 39.5 Å². The van der Waals surface area contributed by atoms with Gasteiger partial charge in [-0.1, -0.05) is 32.0 Å². The Morgan fingerprint density at radius 1 is 0.953 bits per heavy atom. The van der Waals surface area contributed by atoms with Crippen LogP contribution in [0.15, 0.2) is 18.2 Å². The van der Waals surface area contributed by atoms with Gasteiger partial charge in [-0.2, -0.15) is 39.5 Å². The predicted octanol–water partition coefficient (Wildman–Crippen LogP) is 5.65. The van der Waals surface area contributed by atoms with E-state index in [9.17, 15) is 54.2 Å². The van der Waals surface area contributed by atoms with Crippen LogP contribution >= 0.6 is 0 Å². The molecule has 1 N–H and O–H groups in total. The third kappa shape index (κ3) is 5.95. The second kappa shape index (κ2) is 11.4. The summed E-state index contributed by atoms with van der Waals surface area (Å²) in [6.07, 6.45) is -16.6. The number of benzene rings is 1. The largest absolute Gasteiger partial charge is 0.471 e. The number of rotatable bonds is 5. The molecule has 1 aromatic rings. The Labute approximate surface area is 242 Å². The van der Waals surface area contributed by atoms with Crippen molar-refractivity contribution in [2.75, 3.05) is 19.8 Å². The third-order valence-corrected chi connectivity index (χ3v) is 9.25. The number of hydrogen-bond donors (Lipinski definition) is 1. The molecule has 2 amide bonds. The van der Waals surface area contributed by atoms with E-state index in [1.54, 1.807) is 13.8 Å². The number of ether oxygens (including phenoxy) is 1. The molecule has 2 aliphatic heterocycles. The van der Waals surface area contributed by atoms with Gasteiger partial charge in [0.15, 0.2) is 0 Å². The van der Waals surface area contributed by atoms with Gasteiger partial charge < -0.3 is 19.6 Å². The van der Waals surface area contributed by atoms with Gasteiger partial charge in [-0.25, -0.2) is 0 Å². The van der Waals surface area contributed by atoms with Crippen LogP contribution in [-0.2, 0) is 32.9 Å². The highest BCUT2D eigenvalue weighted by molar-refractivity contribution is 5.85. The predicted molar refractivity (Wildman–Crippen MR) is 133 cm³/mol. The first-order valence-corrected chi connectivity index (χ1v) is 14.0. The molecule has 242 valence electrons. The second-order valence-corrected chi connectivity index (χ2v) is 11.9. The van der Waals surface area contributed by atoms with Crippen molar-refractivity contribution in [3.63, 3.8) is 0 Å². The Morgan fingerprint density at radius 3 is 2.09 bits per heavy atom. The Hall–Kier alpha value is -2.55. The van der Waals surface area contributed by atoms with Crippen LogP contribution in [0, 0.1) is 11.3 Å². The first-order chi connectivity index (χ1) is 19.7. The van der Waals surface area contributed by atoms with E-state index in [4.69, 9.17) is 4.74 Å². The highest BCUT2D eigenvalue weighted by Crippen LogP contribution is 2.51. The molecule has 6 nitrogen and oxygen atoms in total. The number of hydrogen-bond acceptors (Lipinski definition) is 4. The van der Waals surface area contributed by atoms with Gasteiger partial charge in [-0.15, -0.1) is 0 Å². The van der Waals surface area contributed by atoms with Gasteiger partial charge in [0.1, 0.15) is 0 Å². The summed E-state index contributed by atoms with van der Waals surface area (Å²) in [5.41, 5.74) is -7.37. The Balaban J connectivity index is 1.62. The standard InChI is InChI=1S/C28H33F9N2O4/c1-16(2)24(9-5-21(14-24)39(23(41)26(29,30)31)20-7-11-43-12-8-20)22(40)38-10-6-17-3-4-19(13-18(17)15-38)25(42,27(32,33)34)28(35,36)37/h3-4,13,16,20-21,42H,5-12,14-15H2,1-2H3/t21-,24+/m1/s1. The van der Waals surface area contributed by atoms with Gasteiger partial charge in [0.05, 0.1) is 5.41 Å². The van der Waals surface area contributed by atoms with E-state index in [1.165, 1.54) is 4.90 Å². The van der Waals surface area contributed by atoms with Gasteiger partial charge in [0.2, 0.25) is 5.91 Å². The van der Waals surface area contributed by atoms with Gasteiger partial charge in [0, 0.05) is 44.0 Å². The lowest BCUT2D eigenvalue weighted by atomic mass is 9.73. The fourth-order valence-electron chi connectivity index (χ4n) is 6.75. The van der Waals surface area contributed by atoms with Crippen molar-refractivity contribution >= 4 is 11.8 Å². The van der Waals surface area contributed by atoms with Gasteiger partial charge >= 0.3 is 24.4 Å². The summed E-state index contributed by atoms with van der Waals surface area (Å²) < 4.78 is 127. The molecule has 43 heavy (non-hydrogen) atoms. The van der Waals surface area contributed by atoms with Crippen LogP contribution in [-0.4, -0.2) is 77.1 Å². The van der Waals surface area contributed by atoms with Crippen molar-refractivity contribution in [1.29, 1.82) is 0 Å². The summed E-state index contributed by atoms with van der Waals surface area (Å²) in [4.78, 5) is 28.8. The highest BCUT2D eigenvalue weighted by Gasteiger charge is 2.71. The minimum absolute atomic E-state index is 0.00596. The monoisotopic (exact) mass is 632 g/mol. The van der Waals surface area contributed by atoms with Crippen molar-refractivity contribution in [2.24, 2.45) is 11.3 Å². The molecular weight excluding hydrogens is 599 g/mol. The Kier molecular flexibility index (Phi) is 8.86. The summed E-state index contributed by atoms with van der Waals surface area (Å²) >= 11 is 0. The number of aliphatic hydroxyl groups is 1. The average molecular weight is 633 g/mol. The Morgan fingerprint density at radius 2 is 1.56 bits per heavy atom. The van der Waals surface area contributed by atoms with Gasteiger partial charge in [0.25, 0.3) is 5.60 Å². The first-order valence-electron chi connectivity index (χ1n) is 14.0. The van der Waals surface area contributed by atoms with Crippen molar-refractivity contribution in [2.45, 2.75) is 95.1 Å². The lowest BCUT2D eigenvalue weighted by Gasteiger charge is -2.42. The Bertz CT molecular complexity index is 1190. The molecule has 2 heterocycles. The minimum atomic E-state index is -6.07. The van der Waals surface area contributed by atoms with E-state index in [2.05, 4.69) is 0 Å². The first kappa shape index (κ1) is 33.3. The maximum Gasteiger partial charge on any atom is 0.471 e. The van der Waals surface area contributed by atoms with Gasteiger partial charge in [-0.3, -0.25) is 9.59 Å². The SMILES string of the molecule is CC(C)[C@]1(C(=O)N2CCc3ccc(C(O)(C(F)(F)F)C(F)(F)F)cc3C2)CC[C@@H](N(C(=O)C(F)(F)F)C2CCOCC2)C1. The number of nitrogens with zero attached hydrogens (tertiary/aromatic N) is 2. The number of amides is 2. The van der Waals surface area contributed by atoms with E-state index in [0.717, 1.165) is 11.0 Å². The molecule has 15 heteroatoms. The number of carbonyl (C=O) groups excluding carboxylic acids is 2. The smallest absolute Gasteiger partial charge is 0.381 e. The van der Waals surface area contributed by atoms with Crippen LogP contribution in [0.2, 0.25) is 0 Å². The summed E-state index contributed by atoms with van der Waals surface area (Å²) in [5.74, 6) is -2.89. The van der Waals surface area contributed by atoms with E-state index in [1.807, 2.05) is 0 Å². The fraction of sp³-hybridized carbons (Fsp3) is 0.714. The maximum absolute atomic E-state index is 14.1. The van der Waals surface area contributed by atoms with E-state index < -0.39 is 64.9 Å². The second-order valence-electron chi connectivity index (χ2n) is 11.9. The maximum atomic E-state index is 14.1. The van der Waals surface area contributed by atoms with Crippen LogP contribution < -0.4 is 0 Å². The average Bonchev–Trinajstić information content (AvgIpc) is 3.37. The zero-order chi connectivity index (χ0) is 32.2. The molecule has 2 atom stereocenters. The minimum Gasteiger partial charge on any atom is -0.381 e. The normalized spacial score (nSPS) is 24.3. The zero-order valence-corrected chi connectivity index (χ0v) is 23.5. The molecule has 0 unspecified atom stereocenters. The van der Waals surface area contributed by atoms with Crippen molar-refractivity contribution < 1.29 is 58.9 Å². The molecule has 2 fully saturated rings. The zero-order valence-electron chi connectivity index (χ0n) is 23.5. The topological polar surface area (TPSA) is 70.1 Å². The van der Waals surface area contributed by atoms with Crippen molar-refractivity contribution in [1.82, 2.24) is 9.80 Å². The van der Waals surface area contributed by atoms with E-state index in [-0.39, 0.29) is 70.4 Å². The lowest BCUT2D eigenvalue weighted by molar-refractivity contribution is -0.376. The molecule has 1 aromatic carbocycles. The molecule has 0 aromatic heterocycles. The quantitative estimate of drug-likeness (QED) is 0.427. The molecule has 4 rings (SSSR count). The van der Waals surface area contributed by atoms with Crippen LogP contribution in [0.1, 0.15) is 62.6 Å². The molecular formula is C28H33F9N2O4. The summed E-state index contributed by atoms with van der Waals surface area (Å²) in [5, 5.41) is 9.86. The summed E-state index contributed by atoms with van der Waals surface area (Å²) in [7, 11) is 0. The van der Waals surface area contributed by atoms with Crippen LogP contribution in [0.25, 0.3) is 0 Å². The number of carbonyl (C=O) groups is 2. The van der Waals surface area contributed by atoms with Gasteiger partial charge in [-0.05, 0) is 55.6 Å². The number of alkyl halides is 9. The molecule has 0 bridgehead atoms. The molecule has 3 aliphatic rings. The van der Waals surface area contributed by atoms with Crippen LogP contribution in [0.3, 0.4) is 0 Å². The van der Waals surface area contributed by atoms with E-state index >= 15 is 0 Å².